The first-order chi connectivity index (χ1) is 9.62. The number of benzene rings is 1. The molecule has 0 saturated heterocycles. The van der Waals surface area contributed by atoms with E-state index in [9.17, 15) is 0 Å². The van der Waals surface area contributed by atoms with Crippen molar-refractivity contribution in [3.8, 4) is 23.7 Å². The smallest absolute Gasteiger partial charge is 0.00168 e. The van der Waals surface area contributed by atoms with Gasteiger partial charge < -0.3 is 0 Å². The van der Waals surface area contributed by atoms with Crippen LogP contribution in [0.15, 0.2) is 61.7 Å². The Morgan fingerprint density at radius 1 is 0.750 bits per heavy atom. The number of hydrogen-bond donors (Lipinski definition) is 0. The molecule has 0 aliphatic rings. The Morgan fingerprint density at radius 3 is 1.25 bits per heavy atom. The van der Waals surface area contributed by atoms with Crippen molar-refractivity contribution in [2.45, 2.75) is 27.7 Å². The Hall–Kier alpha value is -2.44. The lowest BCUT2D eigenvalue weighted by molar-refractivity contribution is 1.40. The highest BCUT2D eigenvalue weighted by Crippen LogP contribution is 1.99. The molecule has 0 N–H and O–H groups in total. The SMILES string of the molecule is C=C/C=C/C=C.CC#CC#CC.Cc1ccc(C)cc1. The van der Waals surface area contributed by atoms with Gasteiger partial charge in [0.05, 0.1) is 0 Å². The van der Waals surface area contributed by atoms with E-state index in [-0.39, 0.29) is 0 Å². The molecule has 0 heteroatoms. The first kappa shape index (κ1) is 19.9. The molecular weight excluding hydrogens is 240 g/mol. The van der Waals surface area contributed by atoms with Gasteiger partial charge in [0.1, 0.15) is 0 Å². The van der Waals surface area contributed by atoms with Crippen molar-refractivity contribution >= 4 is 0 Å². The van der Waals surface area contributed by atoms with Crippen LogP contribution in [0.3, 0.4) is 0 Å². The summed E-state index contributed by atoms with van der Waals surface area (Å²) < 4.78 is 0. The van der Waals surface area contributed by atoms with Crippen LogP contribution in [0.1, 0.15) is 25.0 Å². The van der Waals surface area contributed by atoms with E-state index < -0.39 is 0 Å². The Labute approximate surface area is 124 Å². The van der Waals surface area contributed by atoms with E-state index in [0.29, 0.717) is 0 Å². The van der Waals surface area contributed by atoms with E-state index in [1.807, 2.05) is 12.2 Å². The molecule has 104 valence electrons. The molecule has 0 aromatic heterocycles. The van der Waals surface area contributed by atoms with Gasteiger partial charge >= 0.3 is 0 Å². The predicted molar refractivity (Wildman–Crippen MR) is 92.4 cm³/mol. The molecule has 0 radical (unpaired) electrons. The van der Waals surface area contributed by atoms with Crippen molar-refractivity contribution < 1.29 is 0 Å². The van der Waals surface area contributed by atoms with Crippen LogP contribution in [0.25, 0.3) is 0 Å². The van der Waals surface area contributed by atoms with Gasteiger partial charge in [0.2, 0.25) is 0 Å². The molecule has 0 fully saturated rings. The number of allylic oxidation sites excluding steroid dienone is 4. The van der Waals surface area contributed by atoms with Crippen LogP contribution in [-0.2, 0) is 0 Å². The lowest BCUT2D eigenvalue weighted by atomic mass is 10.2. The van der Waals surface area contributed by atoms with E-state index in [1.54, 1.807) is 26.0 Å². The zero-order valence-electron chi connectivity index (χ0n) is 13.0. The normalized spacial score (nSPS) is 7.40. The van der Waals surface area contributed by atoms with E-state index in [2.05, 4.69) is 75.0 Å². The van der Waals surface area contributed by atoms with E-state index in [1.165, 1.54) is 11.1 Å². The Bertz CT molecular complexity index is 456. The molecule has 1 rings (SSSR count). The van der Waals surface area contributed by atoms with Crippen LogP contribution in [-0.4, -0.2) is 0 Å². The first-order valence-corrected chi connectivity index (χ1v) is 6.39. The van der Waals surface area contributed by atoms with Crippen molar-refractivity contribution in [1.82, 2.24) is 0 Å². The summed E-state index contributed by atoms with van der Waals surface area (Å²) in [4.78, 5) is 0. The standard InChI is InChI=1S/C8H10.C6H8.C6H6/c1-7-3-5-8(2)6-4-7;2*1-3-5-6-4-2/h3-6H,1-2H3;3-6H,1-2H2;1-2H3/b;6-5+;. The van der Waals surface area contributed by atoms with Crippen molar-refractivity contribution in [1.29, 1.82) is 0 Å². The first-order valence-electron chi connectivity index (χ1n) is 6.39. The average molecular weight is 264 g/mol. The molecule has 0 aliphatic heterocycles. The van der Waals surface area contributed by atoms with Crippen LogP contribution >= 0.6 is 0 Å². The summed E-state index contributed by atoms with van der Waals surface area (Å²) in [5, 5.41) is 0. The second kappa shape index (κ2) is 16.6. The van der Waals surface area contributed by atoms with Crippen LogP contribution < -0.4 is 0 Å². The number of rotatable bonds is 2. The summed E-state index contributed by atoms with van der Waals surface area (Å²) in [6, 6.07) is 8.48. The summed E-state index contributed by atoms with van der Waals surface area (Å²) in [7, 11) is 0. The highest BCUT2D eigenvalue weighted by Gasteiger charge is 1.79. The summed E-state index contributed by atoms with van der Waals surface area (Å²) in [6.45, 7) is 14.7. The molecular formula is C20H24. The third-order valence-electron chi connectivity index (χ3n) is 1.91. The minimum atomic E-state index is 1.33. The molecule has 0 amide bonds. The third kappa shape index (κ3) is 17.9. The maximum atomic E-state index is 3.46. The van der Waals surface area contributed by atoms with Gasteiger partial charge in [-0.1, -0.05) is 84.7 Å². The Kier molecular flexibility index (Phi) is 16.5. The lowest BCUT2D eigenvalue weighted by Crippen LogP contribution is -1.70. The molecule has 0 aliphatic carbocycles. The van der Waals surface area contributed by atoms with Gasteiger partial charge in [0.15, 0.2) is 0 Å². The van der Waals surface area contributed by atoms with Crippen molar-refractivity contribution in [2.24, 2.45) is 0 Å². The maximum absolute atomic E-state index is 3.46. The van der Waals surface area contributed by atoms with Crippen LogP contribution in [0, 0.1) is 37.5 Å². The molecule has 1 aromatic carbocycles. The van der Waals surface area contributed by atoms with Gasteiger partial charge in [-0.25, -0.2) is 0 Å². The second-order valence-corrected chi connectivity index (χ2v) is 3.76. The van der Waals surface area contributed by atoms with E-state index in [0.717, 1.165) is 0 Å². The Balaban J connectivity index is 0. The molecule has 0 bridgehead atoms. The van der Waals surface area contributed by atoms with Crippen molar-refractivity contribution in [3.63, 3.8) is 0 Å². The number of aryl methyl sites for hydroxylation is 2. The Morgan fingerprint density at radius 2 is 1.05 bits per heavy atom. The fourth-order valence-electron chi connectivity index (χ4n) is 0.919. The van der Waals surface area contributed by atoms with Gasteiger partial charge in [-0.05, 0) is 39.5 Å². The van der Waals surface area contributed by atoms with Gasteiger partial charge in [0, 0.05) is 0 Å². The molecule has 0 spiro atoms. The maximum Gasteiger partial charge on any atom is -0.00168 e. The van der Waals surface area contributed by atoms with Crippen molar-refractivity contribution in [2.75, 3.05) is 0 Å². The van der Waals surface area contributed by atoms with E-state index >= 15 is 0 Å². The van der Waals surface area contributed by atoms with Crippen LogP contribution in [0.2, 0.25) is 0 Å². The quantitative estimate of drug-likeness (QED) is 0.505. The number of hydrogen-bond acceptors (Lipinski definition) is 0. The lowest BCUT2D eigenvalue weighted by Gasteiger charge is -1.90. The fourth-order valence-corrected chi connectivity index (χ4v) is 0.919. The van der Waals surface area contributed by atoms with Gasteiger partial charge in [-0.15, -0.1) is 0 Å². The summed E-state index contributed by atoms with van der Waals surface area (Å²) in [6.07, 6.45) is 7.07. The van der Waals surface area contributed by atoms with Crippen molar-refractivity contribution in [3.05, 3.63) is 72.9 Å². The molecule has 20 heavy (non-hydrogen) atoms. The largest absolute Gasteiger partial charge is 0.0991 e. The van der Waals surface area contributed by atoms with Gasteiger partial charge in [-0.3, -0.25) is 0 Å². The van der Waals surface area contributed by atoms with Gasteiger partial charge in [0.25, 0.3) is 0 Å². The topological polar surface area (TPSA) is 0 Å². The minimum Gasteiger partial charge on any atom is -0.0991 e. The zero-order chi connectivity index (χ0) is 15.6. The summed E-state index contributed by atoms with van der Waals surface area (Å²) in [5.41, 5.74) is 2.66. The van der Waals surface area contributed by atoms with Gasteiger partial charge in [-0.2, -0.15) is 0 Å². The summed E-state index contributed by atoms with van der Waals surface area (Å²) >= 11 is 0. The second-order valence-electron chi connectivity index (χ2n) is 3.76. The molecule has 0 nitrogen and oxygen atoms in total. The summed E-state index contributed by atoms with van der Waals surface area (Å²) in [5.74, 6) is 10.5. The molecule has 0 saturated carbocycles. The third-order valence-corrected chi connectivity index (χ3v) is 1.91. The molecule has 1 aromatic rings. The molecule has 0 atom stereocenters. The zero-order valence-corrected chi connectivity index (χ0v) is 13.0. The van der Waals surface area contributed by atoms with E-state index in [4.69, 9.17) is 0 Å². The predicted octanol–water partition coefficient (Wildman–Crippen LogP) is 5.25. The van der Waals surface area contributed by atoms with Crippen LogP contribution in [0.5, 0.6) is 0 Å². The highest BCUT2D eigenvalue weighted by atomic mass is 13.9. The minimum absolute atomic E-state index is 1.33. The average Bonchev–Trinajstić information content (AvgIpc) is 2.47. The van der Waals surface area contributed by atoms with Crippen LogP contribution in [0.4, 0.5) is 0 Å². The monoisotopic (exact) mass is 264 g/mol. The molecule has 0 heterocycles. The highest BCUT2D eigenvalue weighted by molar-refractivity contribution is 5.23. The fraction of sp³-hybridized carbons (Fsp3) is 0.200. The molecule has 0 unspecified atom stereocenters.